The first-order chi connectivity index (χ1) is 8.96. The first kappa shape index (κ1) is 16.0. The molecule has 0 aliphatic rings. The molecule has 0 bridgehead atoms. The number of rotatable bonds is 7. The predicted molar refractivity (Wildman–Crippen MR) is 70.6 cm³/mol. The van der Waals surface area contributed by atoms with Crippen molar-refractivity contribution in [3.05, 3.63) is 35.4 Å². The molecule has 0 aliphatic carbocycles. The first-order valence-corrected chi connectivity index (χ1v) is 6.52. The zero-order chi connectivity index (χ0) is 14.3. The number of hydrogen-bond acceptors (Lipinski definition) is 2. The van der Waals surface area contributed by atoms with Gasteiger partial charge in [0.1, 0.15) is 0 Å². The van der Waals surface area contributed by atoms with Crippen LogP contribution in [0.5, 0.6) is 0 Å². The largest absolute Gasteiger partial charge is 0.389 e. The van der Waals surface area contributed by atoms with Gasteiger partial charge >= 0.3 is 6.18 Å². The molecule has 1 aromatic carbocycles. The topological polar surface area (TPSA) is 29.3 Å². The summed E-state index contributed by atoms with van der Waals surface area (Å²) >= 11 is 0. The van der Waals surface area contributed by atoms with Crippen LogP contribution in [-0.4, -0.2) is 24.2 Å². The highest BCUT2D eigenvalue weighted by molar-refractivity contribution is 5.26. The Labute approximate surface area is 112 Å². The Hall–Kier alpha value is -1.07. The van der Waals surface area contributed by atoms with Gasteiger partial charge in [0.2, 0.25) is 0 Å². The molecular formula is C14H21F3N2. The van der Waals surface area contributed by atoms with Crippen LogP contribution in [0, 0.1) is 0 Å². The van der Waals surface area contributed by atoms with Gasteiger partial charge in [-0.25, -0.2) is 0 Å². The molecule has 0 atom stereocenters. The van der Waals surface area contributed by atoms with Gasteiger partial charge in [-0.3, -0.25) is 4.90 Å². The second-order valence-electron chi connectivity index (χ2n) is 4.56. The monoisotopic (exact) mass is 274 g/mol. The van der Waals surface area contributed by atoms with Gasteiger partial charge in [-0.2, -0.15) is 13.2 Å². The van der Waals surface area contributed by atoms with Crippen molar-refractivity contribution in [3.8, 4) is 0 Å². The lowest BCUT2D eigenvalue weighted by atomic mass is 10.1. The van der Waals surface area contributed by atoms with Crippen LogP contribution in [0.3, 0.4) is 0 Å². The smallest absolute Gasteiger partial charge is 0.326 e. The molecule has 0 aromatic heterocycles. The number of nitrogens with two attached hydrogens (primary N) is 1. The van der Waals surface area contributed by atoms with Crippen LogP contribution in [-0.2, 0) is 13.1 Å². The SMILES string of the molecule is CCN(CCCC(F)(F)F)Cc1ccccc1CN. The maximum atomic E-state index is 12.1. The number of benzene rings is 1. The molecule has 0 saturated carbocycles. The molecule has 0 radical (unpaired) electrons. The van der Waals surface area contributed by atoms with Crippen molar-refractivity contribution in [2.75, 3.05) is 13.1 Å². The van der Waals surface area contributed by atoms with E-state index in [0.29, 0.717) is 19.6 Å². The molecule has 2 nitrogen and oxygen atoms in total. The minimum absolute atomic E-state index is 0.141. The van der Waals surface area contributed by atoms with E-state index in [2.05, 4.69) is 0 Å². The molecule has 0 fully saturated rings. The van der Waals surface area contributed by atoms with Crippen LogP contribution in [0.2, 0.25) is 0 Å². The summed E-state index contributed by atoms with van der Waals surface area (Å²) in [5, 5.41) is 0. The van der Waals surface area contributed by atoms with E-state index in [1.54, 1.807) is 0 Å². The highest BCUT2D eigenvalue weighted by atomic mass is 19.4. The van der Waals surface area contributed by atoms with Crippen molar-refractivity contribution in [2.24, 2.45) is 5.73 Å². The zero-order valence-corrected chi connectivity index (χ0v) is 11.2. The summed E-state index contributed by atoms with van der Waals surface area (Å²) in [7, 11) is 0. The maximum Gasteiger partial charge on any atom is 0.389 e. The lowest BCUT2D eigenvalue weighted by molar-refractivity contribution is -0.136. The summed E-state index contributed by atoms with van der Waals surface area (Å²) in [5.41, 5.74) is 7.81. The zero-order valence-electron chi connectivity index (χ0n) is 11.2. The van der Waals surface area contributed by atoms with Crippen molar-refractivity contribution >= 4 is 0 Å². The molecule has 0 amide bonds. The van der Waals surface area contributed by atoms with Crippen molar-refractivity contribution in [3.63, 3.8) is 0 Å². The molecule has 1 rings (SSSR count). The van der Waals surface area contributed by atoms with Crippen LogP contribution < -0.4 is 5.73 Å². The van der Waals surface area contributed by atoms with Crippen molar-refractivity contribution < 1.29 is 13.2 Å². The number of alkyl halides is 3. The summed E-state index contributed by atoms with van der Waals surface area (Å²) in [6.07, 6.45) is -4.64. The Balaban J connectivity index is 2.52. The summed E-state index contributed by atoms with van der Waals surface area (Å²) in [4.78, 5) is 2.01. The predicted octanol–water partition coefficient (Wildman–Crippen LogP) is 3.31. The fourth-order valence-electron chi connectivity index (χ4n) is 2.00. The van der Waals surface area contributed by atoms with Crippen molar-refractivity contribution in [1.29, 1.82) is 0 Å². The molecular weight excluding hydrogens is 253 g/mol. The Morgan fingerprint density at radius 2 is 1.79 bits per heavy atom. The molecule has 0 saturated heterocycles. The third-order valence-corrected chi connectivity index (χ3v) is 3.11. The number of nitrogens with zero attached hydrogens (tertiary/aromatic N) is 1. The quantitative estimate of drug-likeness (QED) is 0.826. The van der Waals surface area contributed by atoms with E-state index < -0.39 is 12.6 Å². The molecule has 19 heavy (non-hydrogen) atoms. The van der Waals surface area contributed by atoms with Crippen molar-refractivity contribution in [1.82, 2.24) is 4.90 Å². The van der Waals surface area contributed by atoms with Gasteiger partial charge in [0.05, 0.1) is 0 Å². The molecule has 108 valence electrons. The number of hydrogen-bond donors (Lipinski definition) is 1. The maximum absolute atomic E-state index is 12.1. The lowest BCUT2D eigenvalue weighted by Crippen LogP contribution is -2.26. The average Bonchev–Trinajstić information content (AvgIpc) is 2.36. The Morgan fingerprint density at radius 1 is 1.16 bits per heavy atom. The molecule has 5 heteroatoms. The van der Waals surface area contributed by atoms with E-state index in [0.717, 1.165) is 17.7 Å². The van der Waals surface area contributed by atoms with Crippen LogP contribution >= 0.6 is 0 Å². The molecule has 1 aromatic rings. The highest BCUT2D eigenvalue weighted by Crippen LogP contribution is 2.21. The number of halogens is 3. The van der Waals surface area contributed by atoms with Gasteiger partial charge < -0.3 is 5.73 Å². The average molecular weight is 274 g/mol. The van der Waals surface area contributed by atoms with E-state index in [1.165, 1.54) is 0 Å². The first-order valence-electron chi connectivity index (χ1n) is 6.52. The molecule has 2 N–H and O–H groups in total. The minimum atomic E-state index is -4.06. The van der Waals surface area contributed by atoms with Crippen LogP contribution in [0.1, 0.15) is 30.9 Å². The van der Waals surface area contributed by atoms with E-state index in [1.807, 2.05) is 36.1 Å². The Kier molecular flexibility index (Phi) is 6.31. The van der Waals surface area contributed by atoms with Gasteiger partial charge in [0.25, 0.3) is 0 Å². The summed E-state index contributed by atoms with van der Waals surface area (Å²) < 4.78 is 36.4. The summed E-state index contributed by atoms with van der Waals surface area (Å²) in [6.45, 7) is 4.25. The molecule has 0 unspecified atom stereocenters. The third-order valence-electron chi connectivity index (χ3n) is 3.11. The normalized spacial score (nSPS) is 12.1. The van der Waals surface area contributed by atoms with Gasteiger partial charge in [0.15, 0.2) is 0 Å². The van der Waals surface area contributed by atoms with Crippen LogP contribution in [0.15, 0.2) is 24.3 Å². The molecule has 0 aliphatic heterocycles. The standard InChI is InChI=1S/C14H21F3N2/c1-2-19(9-5-8-14(15,16)17)11-13-7-4-3-6-12(13)10-18/h3-4,6-7H,2,5,8-11,18H2,1H3. The molecule has 0 spiro atoms. The minimum Gasteiger partial charge on any atom is -0.326 e. The Morgan fingerprint density at radius 3 is 2.32 bits per heavy atom. The van der Waals surface area contributed by atoms with E-state index in [9.17, 15) is 13.2 Å². The van der Waals surface area contributed by atoms with Gasteiger partial charge in [0, 0.05) is 19.5 Å². The van der Waals surface area contributed by atoms with Gasteiger partial charge in [-0.05, 0) is 30.6 Å². The second-order valence-corrected chi connectivity index (χ2v) is 4.56. The summed E-state index contributed by atoms with van der Waals surface area (Å²) in [6, 6.07) is 7.79. The van der Waals surface area contributed by atoms with Gasteiger partial charge in [-0.1, -0.05) is 31.2 Å². The fourth-order valence-corrected chi connectivity index (χ4v) is 2.00. The lowest BCUT2D eigenvalue weighted by Gasteiger charge is -2.22. The highest BCUT2D eigenvalue weighted by Gasteiger charge is 2.26. The third kappa shape index (κ3) is 6.07. The van der Waals surface area contributed by atoms with Gasteiger partial charge in [-0.15, -0.1) is 0 Å². The van der Waals surface area contributed by atoms with Crippen molar-refractivity contribution in [2.45, 2.75) is 39.0 Å². The van der Waals surface area contributed by atoms with E-state index in [4.69, 9.17) is 5.73 Å². The molecule has 0 heterocycles. The van der Waals surface area contributed by atoms with E-state index in [-0.39, 0.29) is 6.42 Å². The second kappa shape index (κ2) is 7.50. The van der Waals surface area contributed by atoms with Crippen LogP contribution in [0.25, 0.3) is 0 Å². The van der Waals surface area contributed by atoms with Crippen LogP contribution in [0.4, 0.5) is 13.2 Å². The van der Waals surface area contributed by atoms with E-state index >= 15 is 0 Å². The Bertz CT molecular complexity index is 377. The fraction of sp³-hybridized carbons (Fsp3) is 0.571. The summed E-state index contributed by atoms with van der Waals surface area (Å²) in [5.74, 6) is 0.